The zero-order chi connectivity index (χ0) is 17.3. The van der Waals surface area contributed by atoms with Gasteiger partial charge in [0.05, 0.1) is 0 Å². The van der Waals surface area contributed by atoms with Crippen molar-refractivity contribution in [2.75, 3.05) is 6.61 Å². The lowest BCUT2D eigenvalue weighted by Crippen LogP contribution is -2.13. The number of halogens is 2. The number of aromatic nitrogens is 2. The molecule has 7 heteroatoms. The summed E-state index contributed by atoms with van der Waals surface area (Å²) in [4.78, 5) is 16.7. The zero-order valence-electron chi connectivity index (χ0n) is 13.0. The second-order valence-electron chi connectivity index (χ2n) is 5.22. The molecule has 0 aliphatic rings. The lowest BCUT2D eigenvalue weighted by atomic mass is 10.1. The van der Waals surface area contributed by atoms with E-state index >= 15 is 0 Å². The number of ketones is 1. The summed E-state index contributed by atoms with van der Waals surface area (Å²) in [6, 6.07) is 6.26. The fourth-order valence-corrected chi connectivity index (χ4v) is 3.56. The molecule has 0 N–H and O–H groups in total. The van der Waals surface area contributed by atoms with Crippen molar-refractivity contribution in [3.8, 4) is 10.9 Å². The summed E-state index contributed by atoms with van der Waals surface area (Å²) in [7, 11) is 0. The number of rotatable bonds is 5. The minimum atomic E-state index is -0.509. The molecule has 0 spiro atoms. The first-order valence-corrected chi connectivity index (χ1v) is 8.84. The van der Waals surface area contributed by atoms with E-state index in [1.807, 2.05) is 23.8 Å². The number of benzene rings is 1. The van der Waals surface area contributed by atoms with E-state index < -0.39 is 5.82 Å². The lowest BCUT2D eigenvalue weighted by molar-refractivity contribution is 0.0918. The van der Waals surface area contributed by atoms with E-state index in [9.17, 15) is 9.18 Å². The van der Waals surface area contributed by atoms with Crippen molar-refractivity contribution in [2.45, 2.75) is 13.8 Å². The van der Waals surface area contributed by atoms with Crippen LogP contribution in [0.25, 0.3) is 5.13 Å². The Morgan fingerprint density at radius 3 is 2.83 bits per heavy atom. The Kier molecular flexibility index (Phi) is 4.82. The number of hydrogen-bond acceptors (Lipinski definition) is 4. The molecule has 0 unspecified atom stereocenters. The number of carbonyl (C=O) groups excluding carboxylic acids is 1. The highest BCUT2D eigenvalue weighted by Crippen LogP contribution is 2.24. The molecule has 24 heavy (non-hydrogen) atoms. The third-order valence-corrected chi connectivity index (χ3v) is 4.84. The second kappa shape index (κ2) is 6.86. The Balaban J connectivity index is 1.80. The molecule has 0 fully saturated rings. The number of thiazole rings is 1. The average Bonchev–Trinajstić information content (AvgIpc) is 3.14. The number of nitrogens with zero attached hydrogens (tertiary/aromatic N) is 2. The number of hydrogen-bond donors (Lipinski definition) is 0. The molecule has 2 heterocycles. The first-order valence-electron chi connectivity index (χ1n) is 7.17. The Labute approximate surface area is 151 Å². The molecule has 3 aromatic rings. The van der Waals surface area contributed by atoms with Crippen molar-refractivity contribution < 1.29 is 13.9 Å². The van der Waals surface area contributed by atoms with Crippen molar-refractivity contribution in [3.05, 3.63) is 63.1 Å². The Morgan fingerprint density at radius 1 is 1.38 bits per heavy atom. The molecule has 0 aliphatic carbocycles. The summed E-state index contributed by atoms with van der Waals surface area (Å²) >= 11 is 4.68. The van der Waals surface area contributed by atoms with Crippen molar-refractivity contribution in [2.24, 2.45) is 0 Å². The van der Waals surface area contributed by atoms with Crippen LogP contribution in [0.2, 0.25) is 0 Å². The van der Waals surface area contributed by atoms with E-state index in [1.165, 1.54) is 23.5 Å². The molecule has 0 radical (unpaired) electrons. The van der Waals surface area contributed by atoms with E-state index in [1.54, 1.807) is 18.3 Å². The average molecular weight is 409 g/mol. The van der Waals surface area contributed by atoms with Crippen LogP contribution in [0.4, 0.5) is 4.39 Å². The Morgan fingerprint density at radius 2 is 2.17 bits per heavy atom. The van der Waals surface area contributed by atoms with Gasteiger partial charge in [-0.15, -0.1) is 11.3 Å². The third kappa shape index (κ3) is 3.27. The number of carbonyl (C=O) groups is 1. The second-order valence-corrected chi connectivity index (χ2v) is 7.01. The maximum absolute atomic E-state index is 13.8. The summed E-state index contributed by atoms with van der Waals surface area (Å²) in [5, 5.41) is 2.69. The van der Waals surface area contributed by atoms with Crippen molar-refractivity contribution in [1.29, 1.82) is 0 Å². The molecule has 0 amide bonds. The highest BCUT2D eigenvalue weighted by Gasteiger charge is 2.18. The first kappa shape index (κ1) is 16.9. The maximum Gasteiger partial charge on any atom is 0.202 e. The van der Waals surface area contributed by atoms with Gasteiger partial charge >= 0.3 is 0 Å². The molecule has 3 rings (SSSR count). The molecule has 0 saturated heterocycles. The normalized spacial score (nSPS) is 10.8. The van der Waals surface area contributed by atoms with Gasteiger partial charge in [-0.05, 0) is 38.1 Å². The molecular weight excluding hydrogens is 395 g/mol. The number of Topliss-reactive ketones (excluding diaryl/α,β-unsaturated/α-hetero) is 1. The summed E-state index contributed by atoms with van der Waals surface area (Å²) < 4.78 is 21.6. The standard InChI is InChI=1S/C17H14BrFN2O2S/c1-10-7-13(11(2)21(10)17-20-5-6-24-17)15(22)9-23-16-4-3-12(18)8-14(16)19/h3-8H,9H2,1-2H3. The van der Waals surface area contributed by atoms with Crippen LogP contribution in [0.5, 0.6) is 5.75 Å². The summed E-state index contributed by atoms with van der Waals surface area (Å²) in [5.74, 6) is -0.654. The summed E-state index contributed by atoms with van der Waals surface area (Å²) in [6.07, 6.45) is 1.72. The van der Waals surface area contributed by atoms with Crippen LogP contribution in [0.3, 0.4) is 0 Å². The first-order chi connectivity index (χ1) is 11.5. The highest BCUT2D eigenvalue weighted by atomic mass is 79.9. The number of aryl methyl sites for hydroxylation is 1. The molecule has 0 aliphatic heterocycles. The minimum Gasteiger partial charge on any atom is -0.482 e. The quantitative estimate of drug-likeness (QED) is 0.573. The third-order valence-electron chi connectivity index (χ3n) is 3.59. The topological polar surface area (TPSA) is 44.1 Å². The summed E-state index contributed by atoms with van der Waals surface area (Å²) in [6.45, 7) is 3.56. The van der Waals surface area contributed by atoms with Crippen molar-refractivity contribution in [1.82, 2.24) is 9.55 Å². The van der Waals surface area contributed by atoms with Crippen molar-refractivity contribution >= 4 is 33.0 Å². The number of ether oxygens (including phenoxy) is 1. The predicted molar refractivity (Wildman–Crippen MR) is 94.8 cm³/mol. The van der Waals surface area contributed by atoms with Crippen LogP contribution < -0.4 is 4.74 Å². The van der Waals surface area contributed by atoms with Crippen LogP contribution in [-0.2, 0) is 0 Å². The van der Waals surface area contributed by atoms with Gasteiger partial charge in [0, 0.05) is 33.0 Å². The van der Waals surface area contributed by atoms with E-state index in [-0.39, 0.29) is 18.1 Å². The van der Waals surface area contributed by atoms with Gasteiger partial charge in [-0.25, -0.2) is 9.37 Å². The van der Waals surface area contributed by atoms with Gasteiger partial charge < -0.3 is 4.74 Å². The molecule has 1 aromatic carbocycles. The molecule has 0 saturated carbocycles. The van der Waals surface area contributed by atoms with Gasteiger partial charge in [0.15, 0.2) is 23.3 Å². The molecular formula is C17H14BrFN2O2S. The fourth-order valence-electron chi connectivity index (χ4n) is 2.48. The van der Waals surface area contributed by atoms with Gasteiger partial charge in [-0.1, -0.05) is 15.9 Å². The van der Waals surface area contributed by atoms with Crippen LogP contribution >= 0.6 is 27.3 Å². The lowest BCUT2D eigenvalue weighted by Gasteiger charge is -2.08. The smallest absolute Gasteiger partial charge is 0.202 e. The maximum atomic E-state index is 13.8. The minimum absolute atomic E-state index is 0.0558. The largest absolute Gasteiger partial charge is 0.482 e. The van der Waals surface area contributed by atoms with Crippen molar-refractivity contribution in [3.63, 3.8) is 0 Å². The van der Waals surface area contributed by atoms with Gasteiger partial charge in [-0.3, -0.25) is 9.36 Å². The zero-order valence-corrected chi connectivity index (χ0v) is 15.4. The Bertz CT molecular complexity index is 890. The molecule has 124 valence electrons. The van der Waals surface area contributed by atoms with Gasteiger partial charge in [0.1, 0.15) is 0 Å². The predicted octanol–water partition coefficient (Wildman–Crippen LogP) is 4.71. The van der Waals surface area contributed by atoms with Gasteiger partial charge in [0.25, 0.3) is 0 Å². The van der Waals surface area contributed by atoms with Crippen LogP contribution in [0, 0.1) is 19.7 Å². The summed E-state index contributed by atoms with van der Waals surface area (Å²) in [5.41, 5.74) is 2.27. The Hall–Kier alpha value is -1.99. The molecule has 2 aromatic heterocycles. The van der Waals surface area contributed by atoms with Crippen LogP contribution in [0.15, 0.2) is 40.3 Å². The van der Waals surface area contributed by atoms with E-state index in [4.69, 9.17) is 4.74 Å². The van der Waals surface area contributed by atoms with E-state index in [2.05, 4.69) is 20.9 Å². The van der Waals surface area contributed by atoms with Gasteiger partial charge in [-0.2, -0.15) is 0 Å². The molecule has 0 bridgehead atoms. The van der Waals surface area contributed by atoms with E-state index in [0.29, 0.717) is 10.0 Å². The van der Waals surface area contributed by atoms with E-state index in [0.717, 1.165) is 16.5 Å². The monoisotopic (exact) mass is 408 g/mol. The fraction of sp³-hybridized carbons (Fsp3) is 0.176. The highest BCUT2D eigenvalue weighted by molar-refractivity contribution is 9.10. The van der Waals surface area contributed by atoms with Gasteiger partial charge in [0.2, 0.25) is 5.78 Å². The SMILES string of the molecule is Cc1cc(C(=O)COc2ccc(Br)cc2F)c(C)n1-c1nccs1. The van der Waals surface area contributed by atoms with Crippen LogP contribution in [0.1, 0.15) is 21.7 Å². The molecule has 4 nitrogen and oxygen atoms in total. The molecule has 0 atom stereocenters. The van der Waals surface area contributed by atoms with Crippen LogP contribution in [-0.4, -0.2) is 21.9 Å².